The maximum absolute atomic E-state index is 13.5. The van der Waals surface area contributed by atoms with Gasteiger partial charge in [-0.25, -0.2) is 0 Å². The predicted octanol–water partition coefficient (Wildman–Crippen LogP) is 5.42. The molecule has 0 radical (unpaired) electrons. The van der Waals surface area contributed by atoms with Gasteiger partial charge in [-0.15, -0.1) is 0 Å². The largest absolute Gasteiger partial charge is 0.460 e. The van der Waals surface area contributed by atoms with E-state index in [-0.39, 0.29) is 12.8 Å². The Morgan fingerprint density at radius 3 is 1.68 bits per heavy atom. The molecule has 0 amide bonds. The molecule has 0 aromatic rings. The average Bonchev–Trinajstić information content (AvgIpc) is 2.91. The lowest BCUT2D eigenvalue weighted by Crippen LogP contribution is -2.67. The van der Waals surface area contributed by atoms with E-state index < -0.39 is 47.5 Å². The van der Waals surface area contributed by atoms with E-state index in [4.69, 9.17) is 0 Å². The Labute approximate surface area is 133 Å². The third-order valence-electron chi connectivity index (χ3n) is 4.40. The Balaban J connectivity index is 2.29. The summed E-state index contributed by atoms with van der Waals surface area (Å²) in [5.74, 6) is -22.8. The van der Waals surface area contributed by atoms with Gasteiger partial charge in [0.2, 0.25) is 0 Å². The Kier molecular flexibility index (Phi) is 4.23. The van der Waals surface area contributed by atoms with Gasteiger partial charge in [-0.05, 0) is 18.3 Å². The van der Waals surface area contributed by atoms with Crippen LogP contribution < -0.4 is 0 Å². The molecule has 1 nitrogen and oxygen atoms in total. The number of allylic oxidation sites excluding steroid dienone is 1. The second kappa shape index (κ2) is 5.23. The summed E-state index contributed by atoms with van der Waals surface area (Å²) < 4.78 is 145. The molecule has 2 aliphatic carbocycles. The van der Waals surface area contributed by atoms with Crippen LogP contribution in [-0.2, 0) is 4.74 Å². The highest BCUT2D eigenvalue weighted by Gasteiger charge is 2.88. The lowest BCUT2D eigenvalue weighted by Gasteiger charge is -2.38. The molecule has 0 heterocycles. The number of fused-ring (bicyclic) bond motifs is 2. The van der Waals surface area contributed by atoms with Crippen molar-refractivity contribution in [2.75, 3.05) is 0 Å². The van der Waals surface area contributed by atoms with Crippen LogP contribution in [0.2, 0.25) is 0 Å². The van der Waals surface area contributed by atoms with E-state index in [1.54, 1.807) is 6.08 Å². The zero-order valence-corrected chi connectivity index (χ0v) is 12.3. The van der Waals surface area contributed by atoms with Crippen molar-refractivity contribution in [1.29, 1.82) is 0 Å². The molecule has 146 valence electrons. The first-order valence-electron chi connectivity index (χ1n) is 6.83. The van der Waals surface area contributed by atoms with Gasteiger partial charge in [-0.2, -0.15) is 48.3 Å². The molecule has 0 aromatic heterocycles. The number of hydrogen-bond donors (Lipinski definition) is 0. The molecule has 3 unspecified atom stereocenters. The van der Waals surface area contributed by atoms with Gasteiger partial charge in [0, 0.05) is 5.92 Å². The van der Waals surface area contributed by atoms with E-state index in [1.165, 1.54) is 13.0 Å². The SMILES string of the molecule is CC12C=CC(C1)C(OC(F)(F)C(F)(F)C(F)(F)C(F)(F)C(F)(F)F)C2. The molecular weight excluding hydrogens is 381 g/mol. The Morgan fingerprint density at radius 2 is 1.32 bits per heavy atom. The fourth-order valence-corrected chi connectivity index (χ4v) is 3.00. The van der Waals surface area contributed by atoms with Crippen molar-refractivity contribution < 1.29 is 53.0 Å². The van der Waals surface area contributed by atoms with Crippen LogP contribution in [0.5, 0.6) is 0 Å². The summed E-state index contributed by atoms with van der Waals surface area (Å²) in [7, 11) is 0. The molecule has 12 heteroatoms. The Hall–Kier alpha value is -1.07. The summed E-state index contributed by atoms with van der Waals surface area (Å²) in [4.78, 5) is 0. The minimum Gasteiger partial charge on any atom is -0.312 e. The van der Waals surface area contributed by atoms with E-state index >= 15 is 0 Å². The van der Waals surface area contributed by atoms with Gasteiger partial charge in [0.25, 0.3) is 0 Å². The third-order valence-corrected chi connectivity index (χ3v) is 4.40. The molecular formula is C13H11F11O. The van der Waals surface area contributed by atoms with Gasteiger partial charge in [0.05, 0.1) is 6.10 Å². The minimum absolute atomic E-state index is 0.175. The molecule has 2 aliphatic rings. The van der Waals surface area contributed by atoms with Gasteiger partial charge in [-0.3, -0.25) is 0 Å². The van der Waals surface area contributed by atoms with Crippen molar-refractivity contribution >= 4 is 0 Å². The summed E-state index contributed by atoms with van der Waals surface area (Å²) in [6.07, 6.45) is -12.4. The summed E-state index contributed by atoms with van der Waals surface area (Å²) in [5.41, 5.74) is -0.723. The number of halogens is 11. The summed E-state index contributed by atoms with van der Waals surface area (Å²) >= 11 is 0. The van der Waals surface area contributed by atoms with Crippen molar-refractivity contribution in [2.45, 2.75) is 55.9 Å². The van der Waals surface area contributed by atoms with E-state index in [9.17, 15) is 48.3 Å². The first-order chi connectivity index (χ1) is 10.9. The van der Waals surface area contributed by atoms with E-state index in [1.807, 2.05) is 0 Å². The molecule has 0 aliphatic heterocycles. The van der Waals surface area contributed by atoms with Crippen LogP contribution in [0.3, 0.4) is 0 Å². The summed E-state index contributed by atoms with van der Waals surface area (Å²) in [6, 6.07) is 0. The minimum atomic E-state index is -7.43. The fourth-order valence-electron chi connectivity index (χ4n) is 3.00. The highest BCUT2D eigenvalue weighted by atomic mass is 19.4. The van der Waals surface area contributed by atoms with Gasteiger partial charge in [-0.1, -0.05) is 19.1 Å². The molecule has 0 aromatic carbocycles. The van der Waals surface area contributed by atoms with Crippen LogP contribution in [0.15, 0.2) is 12.2 Å². The van der Waals surface area contributed by atoms with E-state index in [2.05, 4.69) is 4.74 Å². The quantitative estimate of drug-likeness (QED) is 0.449. The van der Waals surface area contributed by atoms with Gasteiger partial charge >= 0.3 is 30.1 Å². The molecule has 3 atom stereocenters. The third kappa shape index (κ3) is 2.80. The number of rotatable bonds is 5. The number of alkyl halides is 11. The number of hydrogen-bond acceptors (Lipinski definition) is 1. The van der Waals surface area contributed by atoms with Crippen LogP contribution in [0.1, 0.15) is 19.8 Å². The van der Waals surface area contributed by atoms with Crippen molar-refractivity contribution in [3.05, 3.63) is 12.2 Å². The van der Waals surface area contributed by atoms with Crippen LogP contribution in [0.4, 0.5) is 48.3 Å². The van der Waals surface area contributed by atoms with E-state index in [0.29, 0.717) is 0 Å². The molecule has 2 bridgehead atoms. The monoisotopic (exact) mass is 392 g/mol. The van der Waals surface area contributed by atoms with Gasteiger partial charge in [0.1, 0.15) is 0 Å². The van der Waals surface area contributed by atoms with Crippen LogP contribution in [0.25, 0.3) is 0 Å². The summed E-state index contributed by atoms with van der Waals surface area (Å²) in [5, 5.41) is 0. The molecule has 0 saturated heterocycles. The molecule has 1 saturated carbocycles. The maximum atomic E-state index is 13.5. The molecule has 1 fully saturated rings. The van der Waals surface area contributed by atoms with Crippen molar-refractivity contribution in [3.63, 3.8) is 0 Å². The number of ether oxygens (including phenoxy) is 1. The first-order valence-corrected chi connectivity index (χ1v) is 6.83. The maximum Gasteiger partial charge on any atom is 0.460 e. The zero-order chi connectivity index (χ0) is 19.7. The second-order valence-corrected chi connectivity index (χ2v) is 6.48. The molecule has 0 spiro atoms. The highest BCUT2D eigenvalue weighted by molar-refractivity contribution is 5.18. The van der Waals surface area contributed by atoms with Crippen LogP contribution >= 0.6 is 0 Å². The standard InChI is InChI=1S/C13H11F11O/c1-8-3-2-6(4-8)7(5-8)25-13(23,24)11(18,19)9(14,15)10(16,17)12(20,21)22/h2-3,6-7H,4-5H2,1H3. The van der Waals surface area contributed by atoms with Crippen molar-refractivity contribution in [1.82, 2.24) is 0 Å². The predicted molar refractivity (Wildman–Crippen MR) is 60.7 cm³/mol. The van der Waals surface area contributed by atoms with Crippen molar-refractivity contribution in [2.24, 2.45) is 11.3 Å². The van der Waals surface area contributed by atoms with Crippen molar-refractivity contribution in [3.8, 4) is 0 Å². The molecule has 0 N–H and O–H groups in total. The smallest absolute Gasteiger partial charge is 0.312 e. The van der Waals surface area contributed by atoms with Gasteiger partial charge in [0.15, 0.2) is 0 Å². The van der Waals surface area contributed by atoms with Crippen LogP contribution in [0, 0.1) is 11.3 Å². The van der Waals surface area contributed by atoms with E-state index in [0.717, 1.165) is 0 Å². The van der Waals surface area contributed by atoms with Crippen LogP contribution in [-0.4, -0.2) is 36.2 Å². The lowest BCUT2D eigenvalue weighted by atomic mass is 9.90. The summed E-state index contributed by atoms with van der Waals surface area (Å²) in [6.45, 7) is 1.54. The second-order valence-electron chi connectivity index (χ2n) is 6.48. The lowest BCUT2D eigenvalue weighted by molar-refractivity contribution is -0.461. The fraction of sp³-hybridized carbons (Fsp3) is 0.846. The average molecular weight is 392 g/mol. The first kappa shape index (κ1) is 20.2. The Bertz CT molecular complexity index is 565. The normalized spacial score (nSPS) is 31.0. The Morgan fingerprint density at radius 1 is 0.800 bits per heavy atom. The topological polar surface area (TPSA) is 9.23 Å². The molecule has 25 heavy (non-hydrogen) atoms. The zero-order valence-electron chi connectivity index (χ0n) is 12.3. The highest BCUT2D eigenvalue weighted by Crippen LogP contribution is 2.59. The molecule has 2 rings (SSSR count). The van der Waals surface area contributed by atoms with Gasteiger partial charge < -0.3 is 4.74 Å².